The van der Waals surface area contributed by atoms with Crippen LogP contribution in [0.5, 0.6) is 0 Å². The Morgan fingerprint density at radius 2 is 1.96 bits per heavy atom. The van der Waals surface area contributed by atoms with Crippen molar-refractivity contribution in [2.24, 2.45) is 5.92 Å². The zero-order valence-electron chi connectivity index (χ0n) is 17.2. The van der Waals surface area contributed by atoms with E-state index in [1.807, 2.05) is 37.1 Å². The summed E-state index contributed by atoms with van der Waals surface area (Å²) in [5, 5.41) is 0. The number of nitrogens with zero attached hydrogens (tertiary/aromatic N) is 3. The van der Waals surface area contributed by atoms with Crippen molar-refractivity contribution < 1.29 is 27.1 Å². The van der Waals surface area contributed by atoms with Crippen LogP contribution < -0.4 is 4.57 Å². The Kier molecular flexibility index (Phi) is 8.28. The Hall–Kier alpha value is -1.61. The number of unbranched alkanes of at least 4 members (excludes halogenated alkanes) is 1. The first-order valence-corrected chi connectivity index (χ1v) is 10.7. The van der Waals surface area contributed by atoms with Crippen molar-refractivity contribution in [2.75, 3.05) is 0 Å². The minimum Gasteiger partial charge on any atom is -0.731 e. The highest BCUT2D eigenvalue weighted by Crippen LogP contribution is 2.19. The van der Waals surface area contributed by atoms with Crippen LogP contribution in [0.2, 0.25) is 0 Å². The maximum absolute atomic E-state index is 12.5. The van der Waals surface area contributed by atoms with Gasteiger partial charge >= 0.3 is 6.09 Å². The van der Waals surface area contributed by atoms with Crippen LogP contribution in [-0.4, -0.2) is 39.6 Å². The van der Waals surface area contributed by atoms with E-state index in [0.29, 0.717) is 10.7 Å². The molecule has 1 aromatic heterocycles. The third kappa shape index (κ3) is 8.30. The predicted octanol–water partition coefficient (Wildman–Crippen LogP) is 2.69. The Bertz CT molecular complexity index is 707. The van der Waals surface area contributed by atoms with Crippen LogP contribution in [0.4, 0.5) is 4.79 Å². The second-order valence-electron chi connectivity index (χ2n) is 8.22. The van der Waals surface area contributed by atoms with Crippen molar-refractivity contribution in [3.63, 3.8) is 0 Å². The summed E-state index contributed by atoms with van der Waals surface area (Å²) in [6, 6.07) is -0.825. The van der Waals surface area contributed by atoms with Gasteiger partial charge in [0.1, 0.15) is 24.5 Å². The average Bonchev–Trinajstić information content (AvgIpc) is 2.88. The number of imidazole rings is 1. The second kappa shape index (κ2) is 9.54. The summed E-state index contributed by atoms with van der Waals surface area (Å²) >= 11 is 0. The first-order valence-electron chi connectivity index (χ1n) is 9.36. The van der Waals surface area contributed by atoms with Crippen molar-refractivity contribution in [1.82, 2.24) is 8.87 Å². The monoisotopic (exact) mass is 403 g/mol. The smallest absolute Gasteiger partial charge is 0.423 e. The van der Waals surface area contributed by atoms with Crippen LogP contribution in [-0.2, 0) is 28.1 Å². The van der Waals surface area contributed by atoms with E-state index in [-0.39, 0.29) is 12.5 Å². The highest BCUT2D eigenvalue weighted by atomic mass is 32.2. The molecule has 8 nitrogen and oxygen atoms in total. The Balaban J connectivity index is 3.12. The summed E-state index contributed by atoms with van der Waals surface area (Å²) in [6.45, 7) is 11.9. The molecule has 0 saturated carbocycles. The second-order valence-corrected chi connectivity index (χ2v) is 9.47. The van der Waals surface area contributed by atoms with E-state index in [1.165, 1.54) is 0 Å². The molecule has 0 aliphatic carbocycles. The lowest BCUT2D eigenvalue weighted by molar-refractivity contribution is -0.700. The van der Waals surface area contributed by atoms with E-state index in [4.69, 9.17) is 4.74 Å². The minimum atomic E-state index is -5.02. The zero-order chi connectivity index (χ0) is 20.8. The number of hydrogen-bond donors (Lipinski definition) is 0. The maximum Gasteiger partial charge on any atom is 0.423 e. The molecule has 0 radical (unpaired) electrons. The minimum absolute atomic E-state index is 0.0875. The van der Waals surface area contributed by atoms with Gasteiger partial charge in [-0.15, -0.1) is 0 Å². The highest BCUT2D eigenvalue weighted by molar-refractivity contribution is 7.83. The Morgan fingerprint density at radius 1 is 1.33 bits per heavy atom. The van der Waals surface area contributed by atoms with Crippen molar-refractivity contribution in [3.05, 3.63) is 18.7 Å². The Labute approximate surface area is 163 Å². The van der Waals surface area contributed by atoms with Gasteiger partial charge < -0.3 is 9.29 Å². The van der Waals surface area contributed by atoms with E-state index in [2.05, 4.69) is 6.92 Å². The summed E-state index contributed by atoms with van der Waals surface area (Å²) in [5.74, 6) is 0.0875. The number of carbonyl (C=O) groups is 1. The molecule has 1 aromatic rings. The summed E-state index contributed by atoms with van der Waals surface area (Å²) in [5.41, 5.74) is -0.904. The quantitative estimate of drug-likeness (QED) is 0.467. The molecule has 1 atom stereocenters. The average molecular weight is 404 g/mol. The third-order valence-electron chi connectivity index (χ3n) is 3.83. The molecule has 1 heterocycles. The molecule has 156 valence electrons. The fourth-order valence-electron chi connectivity index (χ4n) is 2.78. The van der Waals surface area contributed by atoms with Crippen molar-refractivity contribution >= 4 is 16.4 Å². The van der Waals surface area contributed by atoms with Gasteiger partial charge in [-0.25, -0.2) is 26.7 Å². The van der Waals surface area contributed by atoms with Gasteiger partial charge in [0.2, 0.25) is 6.33 Å². The van der Waals surface area contributed by atoms with Gasteiger partial charge in [-0.1, -0.05) is 27.2 Å². The van der Waals surface area contributed by atoms with Crippen molar-refractivity contribution in [1.29, 1.82) is 0 Å². The van der Waals surface area contributed by atoms with Gasteiger partial charge in [0.15, 0.2) is 10.3 Å². The number of carbonyl (C=O) groups excluding carboxylic acids is 1. The predicted molar refractivity (Wildman–Crippen MR) is 101 cm³/mol. The maximum atomic E-state index is 12.5. The van der Waals surface area contributed by atoms with E-state index < -0.39 is 28.0 Å². The molecule has 1 amide bonds. The number of aryl methyl sites for hydroxylation is 1. The van der Waals surface area contributed by atoms with Crippen molar-refractivity contribution in [3.8, 4) is 0 Å². The largest absolute Gasteiger partial charge is 0.731 e. The molecule has 0 aromatic carbocycles. The first kappa shape index (κ1) is 23.4. The lowest BCUT2D eigenvalue weighted by atomic mass is 10.0. The van der Waals surface area contributed by atoms with Gasteiger partial charge in [0, 0.05) is 0 Å². The van der Waals surface area contributed by atoms with Crippen molar-refractivity contribution in [2.45, 2.75) is 85.5 Å². The molecule has 0 aliphatic heterocycles. The fourth-order valence-corrected chi connectivity index (χ4v) is 3.52. The van der Waals surface area contributed by atoms with Crippen LogP contribution in [0.25, 0.3) is 0 Å². The van der Waals surface area contributed by atoms with Crippen LogP contribution in [0.3, 0.4) is 0 Å². The molecule has 27 heavy (non-hydrogen) atoms. The lowest BCUT2D eigenvalue weighted by Crippen LogP contribution is -2.53. The van der Waals surface area contributed by atoms with Gasteiger partial charge in [0.25, 0.3) is 0 Å². The summed E-state index contributed by atoms with van der Waals surface area (Å²) in [6.07, 6.45) is 6.88. The molecule has 0 N–H and O–H groups in total. The van der Waals surface area contributed by atoms with Gasteiger partial charge in [-0.2, -0.15) is 0 Å². The van der Waals surface area contributed by atoms with E-state index in [9.17, 15) is 17.8 Å². The van der Waals surface area contributed by atoms with Crippen LogP contribution in [0.15, 0.2) is 18.7 Å². The molecule has 0 unspecified atom stereocenters. The summed E-state index contributed by atoms with van der Waals surface area (Å²) < 4.78 is 45.0. The third-order valence-corrected chi connectivity index (χ3v) is 4.76. The molecule has 9 heteroatoms. The van der Waals surface area contributed by atoms with Gasteiger partial charge in [-0.3, -0.25) is 0 Å². The molecule has 1 rings (SSSR count). The SMILES string of the molecule is CCCCn1cc[n+](C[C@H](CC(C)C)N(C(=O)OC(C)(C)C)S(=O)(=O)[O-])c1. The molecule has 0 aliphatic rings. The van der Waals surface area contributed by atoms with Gasteiger partial charge in [-0.05, 0) is 39.5 Å². The fraction of sp³-hybridized carbons (Fsp3) is 0.778. The molecule has 0 fully saturated rings. The molecule has 0 bridgehead atoms. The van der Waals surface area contributed by atoms with E-state index in [1.54, 1.807) is 25.3 Å². The zero-order valence-corrected chi connectivity index (χ0v) is 18.0. The molecule has 0 saturated heterocycles. The summed E-state index contributed by atoms with van der Waals surface area (Å²) in [4.78, 5) is 12.5. The van der Waals surface area contributed by atoms with Crippen LogP contribution >= 0.6 is 0 Å². The normalized spacial score (nSPS) is 13.6. The number of hydrogen-bond acceptors (Lipinski definition) is 5. The number of aromatic nitrogens is 2. The lowest BCUT2D eigenvalue weighted by Gasteiger charge is -2.34. The first-order chi connectivity index (χ1) is 12.3. The molecule has 0 spiro atoms. The van der Waals surface area contributed by atoms with Gasteiger partial charge in [0.05, 0.1) is 12.6 Å². The number of amides is 1. The highest BCUT2D eigenvalue weighted by Gasteiger charge is 2.34. The summed E-state index contributed by atoms with van der Waals surface area (Å²) in [7, 11) is -5.02. The standard InChI is InChI=1S/C18H33N3O5S/c1-7-8-9-19-10-11-20(14-19)13-16(12-15(2)3)21(27(23,24)25)17(22)26-18(4,5)6/h10-11,14-16H,7-9,12-13H2,1-6H3/t16-/m0/s1. The number of rotatable bonds is 9. The van der Waals surface area contributed by atoms with Crippen LogP contribution in [0, 0.1) is 5.92 Å². The van der Waals surface area contributed by atoms with E-state index in [0.717, 1.165) is 19.4 Å². The topological polar surface area (TPSA) is 95.5 Å². The van der Waals surface area contributed by atoms with E-state index >= 15 is 0 Å². The number of ether oxygens (including phenoxy) is 1. The Morgan fingerprint density at radius 3 is 2.44 bits per heavy atom. The molecular weight excluding hydrogens is 370 g/mol. The van der Waals surface area contributed by atoms with Crippen LogP contribution in [0.1, 0.15) is 60.8 Å². The molecular formula is C18H33N3O5S.